The van der Waals surface area contributed by atoms with Crippen molar-refractivity contribution in [3.8, 4) is 24.7 Å². The first kappa shape index (κ1) is 22.2. The Kier molecular flexibility index (Phi) is 16.4. The summed E-state index contributed by atoms with van der Waals surface area (Å²) >= 11 is 0. The van der Waals surface area contributed by atoms with E-state index < -0.39 is 18.0 Å². The Balaban J connectivity index is -0.000000216. The molecule has 0 radical (unpaired) electrons. The summed E-state index contributed by atoms with van der Waals surface area (Å²) in [6.45, 7) is 4.51. The Morgan fingerprint density at radius 1 is 1.47 bits per heavy atom. The van der Waals surface area contributed by atoms with Crippen LogP contribution in [0.2, 0.25) is 0 Å². The molecule has 108 valence electrons. The fourth-order valence-electron chi connectivity index (χ4n) is 0.334. The van der Waals surface area contributed by atoms with Gasteiger partial charge < -0.3 is 19.7 Å². The Labute approximate surface area is 113 Å². The number of aliphatic carboxylic acids is 1. The molecule has 19 heavy (non-hydrogen) atoms. The zero-order valence-corrected chi connectivity index (χ0v) is 10.3. The summed E-state index contributed by atoms with van der Waals surface area (Å²) in [4.78, 5) is 19.3. The van der Waals surface area contributed by atoms with E-state index in [1.54, 1.807) is 5.92 Å². The monoisotopic (exact) mass is 272 g/mol. The van der Waals surface area contributed by atoms with Gasteiger partial charge in [0, 0.05) is 11.8 Å². The lowest BCUT2D eigenvalue weighted by atomic mass is 10.4. The molecule has 1 fully saturated rings. The number of esters is 1. The number of epoxide rings is 1. The standard InChI is InChI=1S/C6H8O3.C3H2O2.C3H6O.CH4/c1-3-6(8)9-4-5(2)7;1-2-3(4)5;1-3-2-4-3;/h1,5,7H,4H2,2H3;1H,(H,4,5);3H,2H2,1H3;1H4. The van der Waals surface area contributed by atoms with Crippen molar-refractivity contribution in [3.63, 3.8) is 0 Å². The van der Waals surface area contributed by atoms with Crippen molar-refractivity contribution >= 4 is 11.9 Å². The van der Waals surface area contributed by atoms with Crippen LogP contribution in [-0.4, -0.2) is 47.6 Å². The minimum Gasteiger partial charge on any atom is -0.472 e. The highest BCUT2D eigenvalue weighted by atomic mass is 16.6. The number of ether oxygens (including phenoxy) is 2. The highest BCUT2D eigenvalue weighted by Crippen LogP contribution is 2.04. The molecule has 6 heteroatoms. The van der Waals surface area contributed by atoms with E-state index in [9.17, 15) is 4.79 Å². The van der Waals surface area contributed by atoms with Gasteiger partial charge in [0.1, 0.15) is 6.61 Å². The van der Waals surface area contributed by atoms with Crippen molar-refractivity contribution in [1.29, 1.82) is 0 Å². The quantitative estimate of drug-likeness (QED) is 0.324. The molecule has 6 nitrogen and oxygen atoms in total. The van der Waals surface area contributed by atoms with Gasteiger partial charge >= 0.3 is 11.9 Å². The normalized spacial score (nSPS) is 15.3. The lowest BCUT2D eigenvalue weighted by Crippen LogP contribution is -2.13. The first-order valence-corrected chi connectivity index (χ1v) is 4.96. The molecule has 0 aromatic heterocycles. The minimum absolute atomic E-state index is 0. The van der Waals surface area contributed by atoms with Gasteiger partial charge in [-0.25, -0.2) is 9.59 Å². The maximum absolute atomic E-state index is 10.1. The number of hydrogen-bond acceptors (Lipinski definition) is 5. The fourth-order valence-corrected chi connectivity index (χ4v) is 0.334. The van der Waals surface area contributed by atoms with E-state index >= 15 is 0 Å². The molecule has 2 unspecified atom stereocenters. The lowest BCUT2D eigenvalue weighted by Gasteiger charge is -2.01. The molecule has 0 aromatic carbocycles. The van der Waals surface area contributed by atoms with Crippen LogP contribution in [0.5, 0.6) is 0 Å². The molecule has 1 heterocycles. The second-order valence-electron chi connectivity index (χ2n) is 3.19. The molecule has 0 spiro atoms. The predicted molar refractivity (Wildman–Crippen MR) is 70.1 cm³/mol. The molecule has 1 saturated heterocycles. The number of hydrogen-bond donors (Lipinski definition) is 2. The summed E-state index contributed by atoms with van der Waals surface area (Å²) in [5.41, 5.74) is 0. The van der Waals surface area contributed by atoms with Gasteiger partial charge in [0.25, 0.3) is 0 Å². The molecule has 0 bridgehead atoms. The van der Waals surface area contributed by atoms with Crippen LogP contribution >= 0.6 is 0 Å². The first-order valence-electron chi connectivity index (χ1n) is 4.96. The van der Waals surface area contributed by atoms with E-state index in [0.29, 0.717) is 6.10 Å². The van der Waals surface area contributed by atoms with Gasteiger partial charge in [-0.3, -0.25) is 0 Å². The maximum atomic E-state index is 10.1. The molecular weight excluding hydrogens is 252 g/mol. The van der Waals surface area contributed by atoms with Gasteiger partial charge in [0.2, 0.25) is 0 Å². The molecule has 1 aliphatic heterocycles. The largest absolute Gasteiger partial charge is 0.472 e. The van der Waals surface area contributed by atoms with Crippen LogP contribution in [0.4, 0.5) is 0 Å². The summed E-state index contributed by atoms with van der Waals surface area (Å²) in [7, 11) is 0. The van der Waals surface area contributed by atoms with E-state index in [1.807, 2.05) is 0 Å². The molecule has 2 N–H and O–H groups in total. The van der Waals surface area contributed by atoms with Crippen LogP contribution in [0.3, 0.4) is 0 Å². The topological polar surface area (TPSA) is 96.4 Å². The number of carbonyl (C=O) groups is 2. The third kappa shape index (κ3) is 31.4. The fraction of sp³-hybridized carbons (Fsp3) is 0.538. The second-order valence-corrected chi connectivity index (χ2v) is 3.19. The van der Waals surface area contributed by atoms with Gasteiger partial charge in [-0.2, -0.15) is 0 Å². The van der Waals surface area contributed by atoms with Crippen molar-refractivity contribution in [2.75, 3.05) is 13.2 Å². The summed E-state index contributed by atoms with van der Waals surface area (Å²) in [5.74, 6) is 1.24. The predicted octanol–water partition coefficient (Wildman–Crippen LogP) is 0.289. The Morgan fingerprint density at radius 2 is 1.84 bits per heavy atom. The average molecular weight is 272 g/mol. The number of carboxylic acids is 1. The van der Waals surface area contributed by atoms with Gasteiger partial charge in [0.05, 0.1) is 18.8 Å². The van der Waals surface area contributed by atoms with E-state index in [0.717, 1.165) is 6.61 Å². The number of carbonyl (C=O) groups excluding carboxylic acids is 1. The van der Waals surface area contributed by atoms with E-state index in [2.05, 4.69) is 24.5 Å². The van der Waals surface area contributed by atoms with Crippen LogP contribution in [0, 0.1) is 24.7 Å². The van der Waals surface area contributed by atoms with Crippen molar-refractivity contribution in [3.05, 3.63) is 0 Å². The summed E-state index contributed by atoms with van der Waals surface area (Å²) < 4.78 is 9.04. The molecule has 1 rings (SSSR count). The molecule has 2 atom stereocenters. The number of aliphatic hydroxyl groups excluding tert-OH is 1. The Hall–Kier alpha value is -2.02. The van der Waals surface area contributed by atoms with E-state index in [-0.39, 0.29) is 14.0 Å². The minimum atomic E-state index is -1.22. The summed E-state index contributed by atoms with van der Waals surface area (Å²) in [6, 6.07) is 0. The van der Waals surface area contributed by atoms with Gasteiger partial charge in [-0.1, -0.05) is 7.43 Å². The van der Waals surface area contributed by atoms with Gasteiger partial charge in [-0.05, 0) is 13.8 Å². The highest BCUT2D eigenvalue weighted by molar-refractivity contribution is 5.87. The van der Waals surface area contributed by atoms with Crippen LogP contribution in [-0.2, 0) is 19.1 Å². The smallest absolute Gasteiger partial charge is 0.384 e. The van der Waals surface area contributed by atoms with E-state index in [1.165, 1.54) is 12.8 Å². The van der Waals surface area contributed by atoms with Gasteiger partial charge in [-0.15, -0.1) is 12.8 Å². The Bertz CT molecular complexity index is 330. The molecule has 0 aliphatic carbocycles. The third-order valence-electron chi connectivity index (χ3n) is 1.20. The zero-order chi connectivity index (χ0) is 14.6. The van der Waals surface area contributed by atoms with Gasteiger partial charge in [0.15, 0.2) is 0 Å². The third-order valence-corrected chi connectivity index (χ3v) is 1.20. The average Bonchev–Trinajstić information content (AvgIpc) is 3.10. The van der Waals surface area contributed by atoms with Crippen molar-refractivity contribution < 1.29 is 29.3 Å². The summed E-state index contributed by atoms with van der Waals surface area (Å²) in [5, 5.41) is 16.0. The SMILES string of the molecule is C.C#CC(=O)O.C#CC(=O)OCC(C)O.CC1CO1. The first-order chi connectivity index (χ1) is 8.33. The molecule has 1 aliphatic rings. The molecular formula is C13H20O6. The molecule has 0 saturated carbocycles. The number of carboxylic acid groups (broad SMARTS) is 1. The Morgan fingerprint density at radius 3 is 2.00 bits per heavy atom. The zero-order valence-electron chi connectivity index (χ0n) is 10.3. The molecule has 0 amide bonds. The number of aliphatic hydroxyl groups is 1. The van der Waals surface area contributed by atoms with Crippen LogP contribution < -0.4 is 0 Å². The van der Waals surface area contributed by atoms with E-state index in [4.69, 9.17) is 19.7 Å². The summed E-state index contributed by atoms with van der Waals surface area (Å²) in [6.07, 6.45) is 8.91. The van der Waals surface area contributed by atoms with Crippen molar-refractivity contribution in [1.82, 2.24) is 0 Å². The van der Waals surface area contributed by atoms with Crippen molar-refractivity contribution in [2.24, 2.45) is 0 Å². The molecule has 0 aromatic rings. The number of terminal acetylenes is 2. The second kappa shape index (κ2) is 14.0. The maximum Gasteiger partial charge on any atom is 0.384 e. The lowest BCUT2D eigenvalue weighted by molar-refractivity contribution is -0.139. The van der Waals surface area contributed by atoms with Crippen LogP contribution in [0.15, 0.2) is 0 Å². The number of rotatable bonds is 2. The van der Waals surface area contributed by atoms with Crippen LogP contribution in [0.1, 0.15) is 21.3 Å². The van der Waals surface area contributed by atoms with Crippen molar-refractivity contribution in [2.45, 2.75) is 33.5 Å². The van der Waals surface area contributed by atoms with Crippen LogP contribution in [0.25, 0.3) is 0 Å². The highest BCUT2D eigenvalue weighted by Gasteiger charge is 2.13.